The zero-order chi connectivity index (χ0) is 23.0. The lowest BCUT2D eigenvalue weighted by Crippen LogP contribution is -2.49. The Bertz CT molecular complexity index is 931. The van der Waals surface area contributed by atoms with Crippen molar-refractivity contribution in [2.24, 2.45) is 0 Å². The maximum Gasteiger partial charge on any atom is 0.273 e. The van der Waals surface area contributed by atoms with Crippen molar-refractivity contribution in [3.63, 3.8) is 0 Å². The number of nitrogens with zero attached hydrogens (tertiary/aromatic N) is 2. The third-order valence-corrected chi connectivity index (χ3v) is 5.19. The third-order valence-electron chi connectivity index (χ3n) is 5.19. The Balaban J connectivity index is 2.32. The second kappa shape index (κ2) is 11.1. The first-order valence-electron chi connectivity index (χ1n) is 10.2. The van der Waals surface area contributed by atoms with Crippen LogP contribution in [0.1, 0.15) is 38.3 Å². The number of carbonyl (C=O) groups excluding carboxylic acids is 2. The van der Waals surface area contributed by atoms with E-state index in [1.165, 1.54) is 11.0 Å². The molecule has 8 nitrogen and oxygen atoms in total. The number of hydrogen-bond donors (Lipinski definition) is 1. The summed E-state index contributed by atoms with van der Waals surface area (Å²) in [5, 5.41) is 14.2. The first kappa shape index (κ1) is 23.9. The van der Waals surface area contributed by atoms with Crippen molar-refractivity contribution in [1.29, 1.82) is 0 Å². The van der Waals surface area contributed by atoms with Crippen molar-refractivity contribution in [2.45, 2.75) is 52.2 Å². The molecule has 0 fully saturated rings. The zero-order valence-corrected chi connectivity index (χ0v) is 18.3. The Morgan fingerprint density at radius 2 is 1.87 bits per heavy atom. The van der Waals surface area contributed by atoms with Crippen molar-refractivity contribution in [2.75, 3.05) is 7.11 Å². The Morgan fingerprint density at radius 3 is 2.52 bits per heavy atom. The van der Waals surface area contributed by atoms with Crippen LogP contribution in [0.4, 0.5) is 5.69 Å². The van der Waals surface area contributed by atoms with Crippen LogP contribution < -0.4 is 10.1 Å². The summed E-state index contributed by atoms with van der Waals surface area (Å²) in [6.07, 6.45) is 0.584. The minimum Gasteiger partial charge on any atom is -0.497 e. The number of nitrogens with one attached hydrogen (secondary N) is 1. The van der Waals surface area contributed by atoms with Gasteiger partial charge in [0, 0.05) is 24.2 Å². The maximum atomic E-state index is 13.2. The molecule has 0 bridgehead atoms. The number of rotatable bonds is 10. The van der Waals surface area contributed by atoms with Crippen molar-refractivity contribution in [3.8, 4) is 5.75 Å². The van der Waals surface area contributed by atoms with E-state index in [1.807, 2.05) is 26.0 Å². The van der Waals surface area contributed by atoms with Gasteiger partial charge in [0.2, 0.25) is 11.8 Å². The molecule has 31 heavy (non-hydrogen) atoms. The van der Waals surface area contributed by atoms with Gasteiger partial charge < -0.3 is 15.0 Å². The lowest BCUT2D eigenvalue weighted by Gasteiger charge is -2.30. The van der Waals surface area contributed by atoms with E-state index < -0.39 is 11.0 Å². The zero-order valence-electron chi connectivity index (χ0n) is 18.3. The molecule has 0 aliphatic heterocycles. The fourth-order valence-electron chi connectivity index (χ4n) is 3.12. The highest BCUT2D eigenvalue weighted by atomic mass is 16.6. The number of methoxy groups -OCH3 is 1. The van der Waals surface area contributed by atoms with Gasteiger partial charge in [0.15, 0.2) is 0 Å². The lowest BCUT2D eigenvalue weighted by molar-refractivity contribution is -0.385. The average Bonchev–Trinajstić information content (AvgIpc) is 2.77. The van der Waals surface area contributed by atoms with E-state index in [9.17, 15) is 19.7 Å². The molecule has 1 N–H and O–H groups in total. The summed E-state index contributed by atoms with van der Waals surface area (Å²) in [6.45, 7) is 5.69. The lowest BCUT2D eigenvalue weighted by atomic mass is 10.1. The molecule has 2 unspecified atom stereocenters. The van der Waals surface area contributed by atoms with Crippen molar-refractivity contribution in [3.05, 3.63) is 69.8 Å². The van der Waals surface area contributed by atoms with Crippen LogP contribution in [-0.4, -0.2) is 40.8 Å². The van der Waals surface area contributed by atoms with Crippen molar-refractivity contribution < 1.29 is 19.2 Å². The summed E-state index contributed by atoms with van der Waals surface area (Å²) in [7, 11) is 1.55. The second-order valence-corrected chi connectivity index (χ2v) is 7.43. The van der Waals surface area contributed by atoms with Crippen molar-refractivity contribution >= 4 is 17.5 Å². The molecule has 0 saturated carbocycles. The molecule has 2 atom stereocenters. The minimum atomic E-state index is -0.754. The summed E-state index contributed by atoms with van der Waals surface area (Å²) in [4.78, 5) is 38.3. The summed E-state index contributed by atoms with van der Waals surface area (Å²) in [5.41, 5.74) is 0.981. The SMILES string of the molecule is CCC(C)NC(=O)C(C)N(Cc1cccc(OC)c1)C(=O)Cc1ccccc1[N+](=O)[O-]. The quantitative estimate of drug-likeness (QED) is 0.462. The smallest absolute Gasteiger partial charge is 0.273 e. The highest BCUT2D eigenvalue weighted by Crippen LogP contribution is 2.21. The molecule has 0 saturated heterocycles. The summed E-state index contributed by atoms with van der Waals surface area (Å²) >= 11 is 0. The molecule has 0 aliphatic rings. The number of amides is 2. The molecule has 2 rings (SSSR count). The molecule has 8 heteroatoms. The average molecular weight is 428 g/mol. The number of ether oxygens (including phenoxy) is 1. The molecule has 2 aromatic rings. The van der Waals surface area contributed by atoms with E-state index in [4.69, 9.17) is 4.74 Å². The van der Waals surface area contributed by atoms with Gasteiger partial charge in [-0.1, -0.05) is 37.3 Å². The van der Waals surface area contributed by atoms with Crippen molar-refractivity contribution in [1.82, 2.24) is 10.2 Å². The molecule has 0 aromatic heterocycles. The van der Waals surface area contributed by atoms with Crippen LogP contribution >= 0.6 is 0 Å². The van der Waals surface area contributed by atoms with Gasteiger partial charge in [0.25, 0.3) is 5.69 Å². The van der Waals surface area contributed by atoms with Gasteiger partial charge >= 0.3 is 0 Å². The molecule has 0 heterocycles. The molecule has 2 aromatic carbocycles. The van der Waals surface area contributed by atoms with Gasteiger partial charge in [-0.15, -0.1) is 0 Å². The van der Waals surface area contributed by atoms with Gasteiger partial charge in [-0.3, -0.25) is 19.7 Å². The largest absolute Gasteiger partial charge is 0.497 e. The fraction of sp³-hybridized carbons (Fsp3) is 0.391. The number of carbonyl (C=O) groups is 2. The number of nitro benzene ring substituents is 1. The number of hydrogen-bond acceptors (Lipinski definition) is 5. The van der Waals surface area contributed by atoms with Crippen LogP contribution in [0.25, 0.3) is 0 Å². The third kappa shape index (κ3) is 6.53. The van der Waals surface area contributed by atoms with Crippen LogP contribution in [0.15, 0.2) is 48.5 Å². The summed E-state index contributed by atoms with van der Waals surface area (Å²) in [6, 6.07) is 12.6. The van der Waals surface area contributed by atoms with Gasteiger partial charge in [0.05, 0.1) is 18.5 Å². The van der Waals surface area contributed by atoms with E-state index in [1.54, 1.807) is 44.4 Å². The molecule has 0 radical (unpaired) electrons. The first-order valence-corrected chi connectivity index (χ1v) is 10.2. The Hall–Kier alpha value is -3.42. The van der Waals surface area contributed by atoms with Crippen LogP contribution in [0, 0.1) is 10.1 Å². The van der Waals surface area contributed by atoms with Crippen LogP contribution in [0.2, 0.25) is 0 Å². The Kier molecular flexibility index (Phi) is 8.54. The van der Waals surface area contributed by atoms with Gasteiger partial charge in [-0.2, -0.15) is 0 Å². The Labute approximate surface area is 182 Å². The fourth-order valence-corrected chi connectivity index (χ4v) is 3.12. The van der Waals surface area contributed by atoms with Gasteiger partial charge in [-0.25, -0.2) is 0 Å². The maximum absolute atomic E-state index is 13.2. The normalized spacial score (nSPS) is 12.5. The molecule has 0 aliphatic carbocycles. The predicted molar refractivity (Wildman–Crippen MR) is 118 cm³/mol. The topological polar surface area (TPSA) is 102 Å². The number of para-hydroxylation sites is 1. The molecular weight excluding hydrogens is 398 g/mol. The van der Waals surface area contributed by atoms with Gasteiger partial charge in [-0.05, 0) is 38.0 Å². The van der Waals surface area contributed by atoms with Gasteiger partial charge in [0.1, 0.15) is 11.8 Å². The highest BCUT2D eigenvalue weighted by molar-refractivity contribution is 5.88. The molecule has 2 amide bonds. The van der Waals surface area contributed by atoms with E-state index in [0.717, 1.165) is 12.0 Å². The van der Waals surface area contributed by atoms with Crippen LogP contribution in [-0.2, 0) is 22.6 Å². The summed E-state index contributed by atoms with van der Waals surface area (Å²) in [5.74, 6) is -0.00242. The van der Waals surface area contributed by atoms with E-state index in [2.05, 4.69) is 5.32 Å². The van der Waals surface area contributed by atoms with Crippen LogP contribution in [0.5, 0.6) is 5.75 Å². The monoisotopic (exact) mass is 427 g/mol. The Morgan fingerprint density at radius 1 is 1.16 bits per heavy atom. The first-order chi connectivity index (χ1) is 14.8. The number of nitro groups is 1. The molecule has 0 spiro atoms. The predicted octanol–water partition coefficient (Wildman–Crippen LogP) is 3.48. The number of benzene rings is 2. The second-order valence-electron chi connectivity index (χ2n) is 7.43. The van der Waals surface area contributed by atoms with E-state index >= 15 is 0 Å². The molecular formula is C23H29N3O5. The van der Waals surface area contributed by atoms with Crippen LogP contribution in [0.3, 0.4) is 0 Å². The minimum absolute atomic E-state index is 0.0288. The van der Waals surface area contributed by atoms with E-state index in [0.29, 0.717) is 11.3 Å². The van der Waals surface area contributed by atoms with E-state index in [-0.39, 0.29) is 36.5 Å². The standard InChI is InChI=1S/C23H29N3O5/c1-5-16(2)24-23(28)17(3)25(15-18-9-8-11-20(13-18)31-4)22(27)14-19-10-6-7-12-21(19)26(29)30/h6-13,16-17H,5,14-15H2,1-4H3,(H,24,28). The summed E-state index contributed by atoms with van der Waals surface area (Å²) < 4.78 is 5.25. The molecule has 166 valence electrons. The highest BCUT2D eigenvalue weighted by Gasteiger charge is 2.28.